The molecule has 0 N–H and O–H groups in total. The van der Waals surface area contributed by atoms with Crippen LogP contribution in [0.15, 0.2) is 181 Å². The van der Waals surface area contributed by atoms with Crippen LogP contribution in [0.5, 0.6) is 5.75 Å². The van der Waals surface area contributed by atoms with Gasteiger partial charge < -0.3 is 4.74 Å². The molecule has 6 aliphatic heterocycles. The van der Waals surface area contributed by atoms with E-state index in [1.807, 2.05) is 13.3 Å². The Balaban J connectivity index is 1.15. The third-order valence-electron chi connectivity index (χ3n) is 15.6. The van der Waals surface area contributed by atoms with Crippen molar-refractivity contribution in [1.29, 1.82) is 0 Å². The normalized spacial score (nSPS) is 25.5. The molecule has 324 valence electrons. The van der Waals surface area contributed by atoms with Crippen molar-refractivity contribution in [2.45, 2.75) is 68.2 Å². The summed E-state index contributed by atoms with van der Waals surface area (Å²) in [5.74, 6) is 2.89. The standard InChI is InChI=1S/C58H60N4OS/c1-63-50-28-27-48(58-59-33-38-64-58)39-49(50)40-62(55-47-31-36-61(37-32-47)57(55)52(43-21-11-4-12-22-43)44-23-13-5-14-24-44)54(46-25-15-6-16-26-46)53-45-29-34-60(35-30-45)56(53)51(41-17-7-2-8-18-41)42-19-9-3-10-20-42/h2-28,33,38-39,45,47,51-57H,29-32,34-37,40H2,1H3/t53?,54?,55-,56?,57-/m0/s1. The fraction of sp³-hybridized carbons (Fsp3) is 0.328. The van der Waals surface area contributed by atoms with Crippen LogP contribution in [0, 0.1) is 17.8 Å². The molecule has 13 rings (SSSR count). The smallest absolute Gasteiger partial charge is 0.123 e. The molecule has 6 heteroatoms. The molecule has 0 saturated carbocycles. The number of rotatable bonds is 14. The summed E-state index contributed by atoms with van der Waals surface area (Å²) in [7, 11) is 1.85. The lowest BCUT2D eigenvalue weighted by Crippen LogP contribution is -2.67. The van der Waals surface area contributed by atoms with Gasteiger partial charge in [-0.05, 0) is 116 Å². The van der Waals surface area contributed by atoms with Gasteiger partial charge in [0.05, 0.1) is 7.11 Å². The predicted octanol–water partition coefficient (Wildman–Crippen LogP) is 12.2. The van der Waals surface area contributed by atoms with E-state index in [1.165, 1.54) is 59.1 Å². The van der Waals surface area contributed by atoms with E-state index in [0.29, 0.717) is 23.8 Å². The summed E-state index contributed by atoms with van der Waals surface area (Å²) >= 11 is 1.71. The zero-order valence-corrected chi connectivity index (χ0v) is 37.8. The molecule has 5 atom stereocenters. The molecule has 1 aromatic heterocycles. The highest BCUT2D eigenvalue weighted by Gasteiger charge is 2.56. The number of benzene rings is 6. The van der Waals surface area contributed by atoms with E-state index < -0.39 is 0 Å². The molecular formula is C58H60N4OS. The second-order valence-corrected chi connectivity index (χ2v) is 19.7. The van der Waals surface area contributed by atoms with Gasteiger partial charge in [-0.15, -0.1) is 11.3 Å². The minimum atomic E-state index is 0.141. The highest BCUT2D eigenvalue weighted by Crippen LogP contribution is 2.55. The maximum Gasteiger partial charge on any atom is 0.123 e. The van der Waals surface area contributed by atoms with Crippen LogP contribution in [0.3, 0.4) is 0 Å². The van der Waals surface area contributed by atoms with Gasteiger partial charge in [-0.3, -0.25) is 14.7 Å². The molecule has 0 spiro atoms. The van der Waals surface area contributed by atoms with Crippen molar-refractivity contribution in [2.75, 3.05) is 33.3 Å². The molecule has 0 aliphatic carbocycles. The van der Waals surface area contributed by atoms with E-state index in [2.05, 4.69) is 190 Å². The first-order valence-corrected chi connectivity index (χ1v) is 24.7. The van der Waals surface area contributed by atoms with Gasteiger partial charge in [-0.25, -0.2) is 4.98 Å². The molecule has 64 heavy (non-hydrogen) atoms. The second-order valence-electron chi connectivity index (χ2n) is 18.8. The predicted molar refractivity (Wildman–Crippen MR) is 262 cm³/mol. The van der Waals surface area contributed by atoms with Crippen LogP contribution in [-0.2, 0) is 6.54 Å². The van der Waals surface area contributed by atoms with E-state index in [4.69, 9.17) is 9.72 Å². The monoisotopic (exact) mass is 860 g/mol. The Morgan fingerprint density at radius 1 is 0.578 bits per heavy atom. The number of hydrogen-bond donors (Lipinski definition) is 0. The van der Waals surface area contributed by atoms with Crippen molar-refractivity contribution in [3.05, 3.63) is 215 Å². The lowest BCUT2D eigenvalue weighted by Gasteiger charge is -2.62. The summed E-state index contributed by atoms with van der Waals surface area (Å²) in [6, 6.07) is 65.5. The average molecular weight is 861 g/mol. The van der Waals surface area contributed by atoms with Gasteiger partial charge in [-0.1, -0.05) is 152 Å². The van der Waals surface area contributed by atoms with E-state index in [9.17, 15) is 0 Å². The Labute approximate surface area is 384 Å². The molecule has 5 nitrogen and oxygen atoms in total. The zero-order valence-electron chi connectivity index (χ0n) is 37.0. The van der Waals surface area contributed by atoms with Crippen molar-refractivity contribution in [2.24, 2.45) is 17.8 Å². The van der Waals surface area contributed by atoms with Crippen molar-refractivity contribution >= 4 is 11.3 Å². The van der Waals surface area contributed by atoms with Crippen LogP contribution in [-0.4, -0.2) is 71.1 Å². The molecule has 7 heterocycles. The number of piperidine rings is 6. The van der Waals surface area contributed by atoms with Crippen molar-refractivity contribution < 1.29 is 4.74 Å². The van der Waals surface area contributed by atoms with E-state index in [-0.39, 0.29) is 30.0 Å². The average Bonchev–Trinajstić information content (AvgIpc) is 3.92. The number of hydrogen-bond acceptors (Lipinski definition) is 6. The number of thiazole rings is 1. The molecule has 7 aromatic rings. The Hall–Kier alpha value is -5.37. The fourth-order valence-corrected chi connectivity index (χ4v) is 13.7. The molecule has 3 unspecified atom stereocenters. The summed E-state index contributed by atoms with van der Waals surface area (Å²) in [6.45, 7) is 5.36. The Morgan fingerprint density at radius 2 is 1.05 bits per heavy atom. The van der Waals surface area contributed by atoms with Crippen LogP contribution < -0.4 is 4.74 Å². The van der Waals surface area contributed by atoms with Crippen LogP contribution in [0.2, 0.25) is 0 Å². The molecule has 6 aliphatic rings. The molecular weight excluding hydrogens is 801 g/mol. The van der Waals surface area contributed by atoms with Crippen LogP contribution in [0.1, 0.15) is 76.9 Å². The maximum atomic E-state index is 6.37. The van der Waals surface area contributed by atoms with Gasteiger partial charge in [0.15, 0.2) is 0 Å². The van der Waals surface area contributed by atoms with E-state index in [0.717, 1.165) is 49.0 Å². The minimum Gasteiger partial charge on any atom is -0.496 e. The highest BCUT2D eigenvalue weighted by molar-refractivity contribution is 7.13. The fourth-order valence-electron chi connectivity index (χ4n) is 13.0. The SMILES string of the molecule is COc1ccc(-c2nccs2)cc1CN(C(c1ccccc1)C1C2CCN(CC2)C1C(c1ccccc1)c1ccccc1)[C@H]1C2CCN(CC2)[C@H]1C(c1ccccc1)c1ccccc1. The number of aromatic nitrogens is 1. The van der Waals surface area contributed by atoms with Crippen molar-refractivity contribution in [3.8, 4) is 16.3 Å². The first kappa shape index (κ1) is 41.3. The number of ether oxygens (including phenoxy) is 1. The van der Waals surface area contributed by atoms with Crippen LogP contribution >= 0.6 is 11.3 Å². The third kappa shape index (κ3) is 7.93. The third-order valence-corrected chi connectivity index (χ3v) is 16.5. The number of fused-ring (bicyclic) bond motifs is 6. The summed E-state index contributed by atoms with van der Waals surface area (Å²) in [6.07, 6.45) is 6.82. The lowest BCUT2D eigenvalue weighted by atomic mass is 9.62. The second kappa shape index (κ2) is 18.6. The maximum absolute atomic E-state index is 6.37. The summed E-state index contributed by atoms with van der Waals surface area (Å²) in [4.78, 5) is 13.7. The lowest BCUT2D eigenvalue weighted by molar-refractivity contribution is -0.114. The van der Waals surface area contributed by atoms with E-state index >= 15 is 0 Å². The molecule has 6 aromatic carbocycles. The van der Waals surface area contributed by atoms with Gasteiger partial charge in [0.2, 0.25) is 0 Å². The zero-order chi connectivity index (χ0) is 42.8. The molecule has 6 fully saturated rings. The highest BCUT2D eigenvalue weighted by atomic mass is 32.1. The topological polar surface area (TPSA) is 31.8 Å². The number of methoxy groups -OCH3 is 1. The first-order chi connectivity index (χ1) is 31.7. The number of nitrogens with zero attached hydrogens (tertiary/aromatic N) is 4. The Kier molecular flexibility index (Phi) is 12.0. The van der Waals surface area contributed by atoms with Crippen molar-refractivity contribution in [1.82, 2.24) is 19.7 Å². The van der Waals surface area contributed by atoms with Gasteiger partial charge in [0.25, 0.3) is 0 Å². The summed E-state index contributed by atoms with van der Waals surface area (Å²) < 4.78 is 6.37. The van der Waals surface area contributed by atoms with Crippen molar-refractivity contribution in [3.63, 3.8) is 0 Å². The Bertz CT molecular complexity index is 2460. The largest absolute Gasteiger partial charge is 0.496 e. The van der Waals surface area contributed by atoms with E-state index in [1.54, 1.807) is 11.3 Å². The molecule has 6 saturated heterocycles. The summed E-state index contributed by atoms with van der Waals surface area (Å²) in [5.41, 5.74) is 9.49. The first-order valence-electron chi connectivity index (χ1n) is 23.8. The molecule has 4 bridgehead atoms. The van der Waals surface area contributed by atoms with Crippen LogP contribution in [0.4, 0.5) is 0 Å². The summed E-state index contributed by atoms with van der Waals surface area (Å²) in [5, 5.41) is 3.14. The minimum absolute atomic E-state index is 0.141. The quantitative estimate of drug-likeness (QED) is 0.109. The van der Waals surface area contributed by atoms with Gasteiger partial charge in [0.1, 0.15) is 10.8 Å². The van der Waals surface area contributed by atoms with Crippen LogP contribution in [0.25, 0.3) is 10.6 Å². The Morgan fingerprint density at radius 3 is 1.53 bits per heavy atom. The molecule has 0 radical (unpaired) electrons. The molecule has 0 amide bonds. The van der Waals surface area contributed by atoms with Gasteiger partial charge in [0, 0.05) is 65.3 Å². The van der Waals surface area contributed by atoms with Gasteiger partial charge in [-0.2, -0.15) is 0 Å². The van der Waals surface area contributed by atoms with Gasteiger partial charge >= 0.3 is 0 Å².